The second-order valence-corrected chi connectivity index (χ2v) is 9.36. The molecular weight excluding hydrogens is 444 g/mol. The Morgan fingerprint density at radius 3 is 2.50 bits per heavy atom. The van der Waals surface area contributed by atoms with E-state index < -0.39 is 6.10 Å². The number of benzene rings is 3. The molecule has 6 heteroatoms. The molecule has 3 aromatic rings. The average molecular weight is 477 g/mol. The molecule has 2 atom stereocenters. The van der Waals surface area contributed by atoms with Crippen LogP contribution in [-0.2, 0) is 22.5 Å². The molecule has 0 radical (unpaired) electrons. The molecule has 1 aliphatic heterocycles. The third kappa shape index (κ3) is 6.33. The summed E-state index contributed by atoms with van der Waals surface area (Å²) in [5, 5.41) is 2.99. The van der Waals surface area contributed by atoms with Gasteiger partial charge in [0.2, 0.25) is 5.91 Å². The summed E-state index contributed by atoms with van der Waals surface area (Å²) in [6.07, 6.45) is -0.0873. The number of nitrogens with zero attached hydrogens (tertiary/aromatic N) is 1. The summed E-state index contributed by atoms with van der Waals surface area (Å²) in [5.74, 6) is 1.77. The van der Waals surface area contributed by atoms with E-state index in [1.807, 2.05) is 73.3 Å². The quantitative estimate of drug-likeness (QED) is 0.431. The maximum Gasteiger partial charge on any atom is 0.249 e. The largest absolute Gasteiger partial charge is 0.471 e. The monoisotopic (exact) mass is 476 g/mol. The lowest BCUT2D eigenvalue weighted by molar-refractivity contribution is -0.132. The van der Waals surface area contributed by atoms with Gasteiger partial charge >= 0.3 is 0 Å². The summed E-state index contributed by atoms with van der Waals surface area (Å²) in [6.45, 7) is 5.93. The van der Waals surface area contributed by atoms with Crippen LogP contribution in [0.2, 0.25) is 0 Å². The smallest absolute Gasteiger partial charge is 0.249 e. The molecule has 1 N–H and O–H groups in total. The topological polar surface area (TPSA) is 50.8 Å². The van der Waals surface area contributed by atoms with Crippen LogP contribution in [0.15, 0.2) is 83.8 Å². The summed E-state index contributed by atoms with van der Waals surface area (Å²) in [4.78, 5) is 16.3. The number of rotatable bonds is 10. The molecule has 0 saturated carbocycles. The molecule has 1 amide bonds. The zero-order chi connectivity index (χ0) is 23.8. The zero-order valence-corrected chi connectivity index (χ0v) is 20.6. The van der Waals surface area contributed by atoms with Crippen molar-refractivity contribution in [1.82, 2.24) is 5.32 Å². The number of amides is 1. The molecule has 4 rings (SSSR count). The van der Waals surface area contributed by atoms with Gasteiger partial charge in [0.05, 0.1) is 5.69 Å². The van der Waals surface area contributed by atoms with Crippen LogP contribution in [-0.4, -0.2) is 37.1 Å². The van der Waals surface area contributed by atoms with Gasteiger partial charge in [-0.25, -0.2) is 0 Å². The zero-order valence-electron chi connectivity index (χ0n) is 19.8. The number of ether oxygens (including phenoxy) is 2. The van der Waals surface area contributed by atoms with E-state index in [1.165, 1.54) is 10.6 Å². The molecule has 34 heavy (non-hydrogen) atoms. The third-order valence-electron chi connectivity index (χ3n) is 5.82. The van der Waals surface area contributed by atoms with Crippen LogP contribution in [0.1, 0.15) is 25.0 Å². The lowest BCUT2D eigenvalue weighted by Crippen LogP contribution is -2.40. The fourth-order valence-corrected chi connectivity index (χ4v) is 5.09. The Balaban J connectivity index is 1.34. The van der Waals surface area contributed by atoms with Crippen molar-refractivity contribution in [2.24, 2.45) is 0 Å². The van der Waals surface area contributed by atoms with Crippen LogP contribution in [0.25, 0.3) is 0 Å². The summed E-state index contributed by atoms with van der Waals surface area (Å²) in [6, 6.07) is 26.3. The molecule has 0 saturated heterocycles. The molecule has 1 aliphatic rings. The summed E-state index contributed by atoms with van der Waals surface area (Å²) < 4.78 is 12.0. The minimum Gasteiger partial charge on any atom is -0.471 e. The van der Waals surface area contributed by atoms with E-state index in [0.717, 1.165) is 29.2 Å². The Kier molecular flexibility index (Phi) is 8.50. The molecular formula is C28H32N2O3S. The Morgan fingerprint density at radius 2 is 1.74 bits per heavy atom. The predicted molar refractivity (Wildman–Crippen MR) is 138 cm³/mol. The number of carbonyl (C=O) groups is 1. The van der Waals surface area contributed by atoms with Gasteiger partial charge in [-0.1, -0.05) is 54.6 Å². The number of hydrogen-bond acceptors (Lipinski definition) is 5. The van der Waals surface area contributed by atoms with Crippen LogP contribution in [0.3, 0.4) is 0 Å². The molecule has 5 nitrogen and oxygen atoms in total. The Labute approximate surface area is 206 Å². The maximum absolute atomic E-state index is 12.7. The van der Waals surface area contributed by atoms with Crippen molar-refractivity contribution in [3.63, 3.8) is 0 Å². The highest BCUT2D eigenvalue weighted by Crippen LogP contribution is 2.35. The molecule has 1 heterocycles. The maximum atomic E-state index is 12.7. The predicted octanol–water partition coefficient (Wildman–Crippen LogP) is 5.29. The van der Waals surface area contributed by atoms with E-state index in [4.69, 9.17) is 9.47 Å². The second kappa shape index (κ2) is 12.0. The van der Waals surface area contributed by atoms with Gasteiger partial charge < -0.3 is 19.7 Å². The number of hydrogen-bond donors (Lipinski definition) is 1. The first-order valence-corrected chi connectivity index (χ1v) is 12.8. The molecule has 2 unspecified atom stereocenters. The van der Waals surface area contributed by atoms with Crippen molar-refractivity contribution in [2.45, 2.75) is 44.0 Å². The van der Waals surface area contributed by atoms with Crippen molar-refractivity contribution in [3.8, 4) is 5.75 Å². The molecule has 178 valence electrons. The SMILES string of the molecule is CCOC(Cc1ccc(OC(C)N2CCSc3ccccc32)cc1)C(=O)NCc1ccccc1. The number of para-hydroxylation sites is 1. The second-order valence-electron chi connectivity index (χ2n) is 8.22. The first kappa shape index (κ1) is 24.2. The first-order valence-electron chi connectivity index (χ1n) is 11.8. The van der Waals surface area contributed by atoms with E-state index in [-0.39, 0.29) is 12.1 Å². The third-order valence-corrected chi connectivity index (χ3v) is 6.87. The first-order chi connectivity index (χ1) is 16.6. The van der Waals surface area contributed by atoms with E-state index in [0.29, 0.717) is 19.6 Å². The molecule has 0 fully saturated rings. The molecule has 0 aliphatic carbocycles. The van der Waals surface area contributed by atoms with Crippen molar-refractivity contribution in [1.29, 1.82) is 0 Å². The number of fused-ring (bicyclic) bond motifs is 1. The minimum atomic E-state index is -0.526. The average Bonchev–Trinajstić information content (AvgIpc) is 2.88. The minimum absolute atomic E-state index is 0.0761. The van der Waals surface area contributed by atoms with E-state index in [2.05, 4.69) is 41.4 Å². The van der Waals surface area contributed by atoms with E-state index >= 15 is 0 Å². The standard InChI is InChI=1S/C28H32N2O3S/c1-3-32-26(28(31)29-20-23-9-5-4-6-10-23)19-22-13-15-24(16-14-22)33-21(2)30-17-18-34-27-12-8-7-11-25(27)30/h4-16,21,26H,3,17-20H2,1-2H3,(H,29,31). The van der Waals surface area contributed by atoms with Gasteiger partial charge in [0.25, 0.3) is 0 Å². The Bertz CT molecular complexity index is 1060. The van der Waals surface area contributed by atoms with Crippen LogP contribution < -0.4 is 15.0 Å². The van der Waals surface area contributed by atoms with Gasteiger partial charge in [0.15, 0.2) is 6.23 Å². The van der Waals surface area contributed by atoms with Gasteiger partial charge in [-0.05, 0) is 49.2 Å². The fourth-order valence-electron chi connectivity index (χ4n) is 4.07. The van der Waals surface area contributed by atoms with Crippen LogP contribution >= 0.6 is 11.8 Å². The highest BCUT2D eigenvalue weighted by atomic mass is 32.2. The number of carbonyl (C=O) groups excluding carboxylic acids is 1. The van der Waals surface area contributed by atoms with Crippen molar-refractivity contribution in [3.05, 3.63) is 90.0 Å². The lowest BCUT2D eigenvalue weighted by Gasteiger charge is -2.35. The van der Waals surface area contributed by atoms with E-state index in [9.17, 15) is 4.79 Å². The highest BCUT2D eigenvalue weighted by molar-refractivity contribution is 7.99. The Hall–Kier alpha value is -2.96. The van der Waals surface area contributed by atoms with Gasteiger partial charge in [0, 0.05) is 36.8 Å². The number of anilines is 1. The van der Waals surface area contributed by atoms with Crippen LogP contribution in [0.5, 0.6) is 5.75 Å². The van der Waals surface area contributed by atoms with Gasteiger partial charge in [-0.2, -0.15) is 0 Å². The lowest BCUT2D eigenvalue weighted by atomic mass is 10.1. The number of nitrogens with one attached hydrogen (secondary N) is 1. The molecule has 0 aromatic heterocycles. The fraction of sp³-hybridized carbons (Fsp3) is 0.321. The summed E-state index contributed by atoms with van der Waals surface area (Å²) in [5.41, 5.74) is 3.33. The molecule has 0 spiro atoms. The summed E-state index contributed by atoms with van der Waals surface area (Å²) >= 11 is 1.89. The molecule has 3 aromatic carbocycles. The number of thioether (sulfide) groups is 1. The van der Waals surface area contributed by atoms with Gasteiger partial charge in [-0.15, -0.1) is 11.8 Å². The van der Waals surface area contributed by atoms with E-state index in [1.54, 1.807) is 0 Å². The van der Waals surface area contributed by atoms with Crippen LogP contribution in [0, 0.1) is 0 Å². The van der Waals surface area contributed by atoms with Crippen molar-refractivity contribution in [2.75, 3.05) is 23.8 Å². The normalized spacial score (nSPS) is 14.7. The van der Waals surface area contributed by atoms with Crippen LogP contribution in [0.4, 0.5) is 5.69 Å². The highest BCUT2D eigenvalue weighted by Gasteiger charge is 2.23. The molecule has 0 bridgehead atoms. The van der Waals surface area contributed by atoms with Gasteiger partial charge in [-0.3, -0.25) is 4.79 Å². The van der Waals surface area contributed by atoms with Crippen molar-refractivity contribution < 1.29 is 14.3 Å². The van der Waals surface area contributed by atoms with Crippen molar-refractivity contribution >= 4 is 23.4 Å². The summed E-state index contributed by atoms with van der Waals surface area (Å²) in [7, 11) is 0. The van der Waals surface area contributed by atoms with Gasteiger partial charge in [0.1, 0.15) is 11.9 Å². The Morgan fingerprint density at radius 1 is 1.00 bits per heavy atom.